The number of para-hydroxylation sites is 1. The predicted octanol–water partition coefficient (Wildman–Crippen LogP) is 2.25. The minimum atomic E-state index is -0.179. The fraction of sp³-hybridized carbons (Fsp3) is 0.500. The van der Waals surface area contributed by atoms with Crippen molar-refractivity contribution in [2.75, 3.05) is 51.8 Å². The Labute approximate surface area is 213 Å². The van der Waals surface area contributed by atoms with Gasteiger partial charge in [-0.3, -0.25) is 14.5 Å². The molecule has 0 spiro atoms. The largest absolute Gasteiger partial charge is 0.493 e. The Morgan fingerprint density at radius 3 is 2.58 bits per heavy atom. The Bertz CT molecular complexity index is 1070. The molecule has 0 bridgehead atoms. The number of hydrogen-bond acceptors (Lipinski definition) is 6. The molecular weight excluding hydrogens is 456 g/mol. The van der Waals surface area contributed by atoms with Crippen LogP contribution in [0.25, 0.3) is 0 Å². The fourth-order valence-electron chi connectivity index (χ4n) is 5.33. The van der Waals surface area contributed by atoms with E-state index in [1.165, 1.54) is 11.3 Å². The molecule has 2 aromatic carbocycles. The molecule has 1 fully saturated rings. The molecule has 0 radical (unpaired) electrons. The monoisotopic (exact) mass is 494 g/mol. The predicted molar refractivity (Wildman–Crippen MR) is 141 cm³/mol. The highest BCUT2D eigenvalue weighted by atomic mass is 16.5. The molecule has 0 aromatic heterocycles. The number of amides is 2. The maximum Gasteiger partial charge on any atom is 0.234 e. The molecule has 0 aliphatic carbocycles. The second kappa shape index (κ2) is 11.6. The van der Waals surface area contributed by atoms with Crippen molar-refractivity contribution < 1.29 is 19.1 Å². The number of methoxy groups -OCH3 is 2. The van der Waals surface area contributed by atoms with Crippen molar-refractivity contribution in [3.8, 4) is 11.5 Å². The Balaban J connectivity index is 1.43. The van der Waals surface area contributed by atoms with Crippen LogP contribution >= 0.6 is 0 Å². The third-order valence-electron chi connectivity index (χ3n) is 7.02. The molecule has 1 saturated heterocycles. The molecule has 2 unspecified atom stereocenters. The van der Waals surface area contributed by atoms with Gasteiger partial charge in [0.2, 0.25) is 11.8 Å². The van der Waals surface area contributed by atoms with Crippen LogP contribution in [-0.4, -0.2) is 75.7 Å². The summed E-state index contributed by atoms with van der Waals surface area (Å²) in [4.78, 5) is 30.4. The van der Waals surface area contributed by atoms with E-state index < -0.39 is 0 Å². The number of hydrogen-bond donors (Lipinski definition) is 2. The van der Waals surface area contributed by atoms with E-state index in [9.17, 15) is 9.59 Å². The molecule has 4 rings (SSSR count). The molecular formula is C28H38N4O4. The normalized spacial score (nSPS) is 19.3. The summed E-state index contributed by atoms with van der Waals surface area (Å²) in [6, 6.07) is 14.3. The molecule has 2 N–H and O–H groups in total. The molecule has 0 saturated carbocycles. The SMILES string of the molecule is COc1ccc(CCNC(=O)C2Cc3ccccc3N3CCN(CC(=O)NC(C)C)CC23)cc1OC. The molecule has 2 heterocycles. The lowest BCUT2D eigenvalue weighted by molar-refractivity contribution is -0.126. The van der Waals surface area contributed by atoms with E-state index in [2.05, 4.69) is 38.6 Å². The first kappa shape index (κ1) is 25.8. The standard InChI is InChI=1S/C28H38N4O4/c1-19(2)30-27(33)18-31-13-14-32-23-8-6-5-7-21(23)16-22(24(32)17-31)28(34)29-12-11-20-9-10-25(35-3)26(15-20)36-4/h5-10,15,19,22,24H,11-14,16-18H2,1-4H3,(H,29,34)(H,30,33). The highest BCUT2D eigenvalue weighted by Crippen LogP contribution is 2.36. The number of piperazine rings is 1. The third kappa shape index (κ3) is 5.93. The van der Waals surface area contributed by atoms with E-state index >= 15 is 0 Å². The van der Waals surface area contributed by atoms with Crippen LogP contribution in [0.1, 0.15) is 25.0 Å². The van der Waals surface area contributed by atoms with Crippen LogP contribution in [-0.2, 0) is 22.4 Å². The topological polar surface area (TPSA) is 83.1 Å². The average Bonchev–Trinajstić information content (AvgIpc) is 2.87. The van der Waals surface area contributed by atoms with Gasteiger partial charge in [0.25, 0.3) is 0 Å². The summed E-state index contributed by atoms with van der Waals surface area (Å²) in [5.74, 6) is 1.29. The summed E-state index contributed by atoms with van der Waals surface area (Å²) >= 11 is 0. The molecule has 8 heteroatoms. The summed E-state index contributed by atoms with van der Waals surface area (Å²) < 4.78 is 10.7. The number of rotatable bonds is 9. The van der Waals surface area contributed by atoms with Crippen molar-refractivity contribution in [2.45, 2.75) is 38.8 Å². The fourth-order valence-corrected chi connectivity index (χ4v) is 5.33. The second-order valence-corrected chi connectivity index (χ2v) is 9.89. The number of ether oxygens (including phenoxy) is 2. The lowest BCUT2D eigenvalue weighted by atomic mass is 9.83. The maximum atomic E-state index is 13.5. The molecule has 2 aromatic rings. The van der Waals surface area contributed by atoms with Gasteiger partial charge in [-0.15, -0.1) is 0 Å². The van der Waals surface area contributed by atoms with Gasteiger partial charge in [0, 0.05) is 37.9 Å². The molecule has 194 valence electrons. The minimum absolute atomic E-state index is 0.0292. The van der Waals surface area contributed by atoms with Crippen LogP contribution in [0, 0.1) is 5.92 Å². The minimum Gasteiger partial charge on any atom is -0.493 e. The van der Waals surface area contributed by atoms with Gasteiger partial charge in [0.15, 0.2) is 11.5 Å². The molecule has 2 aliphatic rings. The first-order valence-corrected chi connectivity index (χ1v) is 12.7. The van der Waals surface area contributed by atoms with Gasteiger partial charge < -0.3 is 25.0 Å². The number of nitrogens with zero attached hydrogens (tertiary/aromatic N) is 2. The van der Waals surface area contributed by atoms with Crippen LogP contribution in [0.4, 0.5) is 5.69 Å². The second-order valence-electron chi connectivity index (χ2n) is 9.89. The molecule has 36 heavy (non-hydrogen) atoms. The summed E-state index contributed by atoms with van der Waals surface area (Å²) in [6.45, 7) is 7.12. The quantitative estimate of drug-likeness (QED) is 0.557. The molecule has 2 atom stereocenters. The Morgan fingerprint density at radius 2 is 1.83 bits per heavy atom. The summed E-state index contributed by atoms with van der Waals surface area (Å²) in [5, 5.41) is 6.16. The van der Waals surface area contributed by atoms with E-state index in [0.717, 1.165) is 18.7 Å². The summed E-state index contributed by atoms with van der Waals surface area (Å²) in [7, 11) is 3.24. The highest BCUT2D eigenvalue weighted by Gasteiger charge is 2.41. The summed E-state index contributed by atoms with van der Waals surface area (Å²) in [6.07, 6.45) is 1.40. The maximum absolute atomic E-state index is 13.5. The number of carbonyl (C=O) groups excluding carboxylic acids is 2. The van der Waals surface area contributed by atoms with Crippen LogP contribution in [0.2, 0.25) is 0 Å². The first-order valence-electron chi connectivity index (χ1n) is 12.7. The van der Waals surface area contributed by atoms with Crippen molar-refractivity contribution in [3.05, 3.63) is 53.6 Å². The summed E-state index contributed by atoms with van der Waals surface area (Å²) in [5.41, 5.74) is 3.49. The van der Waals surface area contributed by atoms with Crippen molar-refractivity contribution in [1.29, 1.82) is 0 Å². The first-order chi connectivity index (χ1) is 17.4. The van der Waals surface area contributed by atoms with E-state index in [1.807, 2.05) is 38.1 Å². The van der Waals surface area contributed by atoms with E-state index in [1.54, 1.807) is 14.2 Å². The van der Waals surface area contributed by atoms with E-state index in [-0.39, 0.29) is 29.8 Å². The Kier molecular flexibility index (Phi) is 8.36. The van der Waals surface area contributed by atoms with Crippen LogP contribution in [0.5, 0.6) is 11.5 Å². The number of anilines is 1. The Morgan fingerprint density at radius 1 is 1.06 bits per heavy atom. The van der Waals surface area contributed by atoms with Gasteiger partial charge in [0.05, 0.1) is 32.7 Å². The molecule has 8 nitrogen and oxygen atoms in total. The van der Waals surface area contributed by atoms with Crippen molar-refractivity contribution in [2.24, 2.45) is 5.92 Å². The van der Waals surface area contributed by atoms with Crippen LogP contribution < -0.4 is 25.0 Å². The van der Waals surface area contributed by atoms with Gasteiger partial charge in [-0.2, -0.15) is 0 Å². The van der Waals surface area contributed by atoms with Crippen molar-refractivity contribution in [1.82, 2.24) is 15.5 Å². The number of fused-ring (bicyclic) bond motifs is 3. The zero-order valence-corrected chi connectivity index (χ0v) is 21.8. The van der Waals surface area contributed by atoms with Gasteiger partial charge in [-0.05, 0) is 56.0 Å². The zero-order valence-electron chi connectivity index (χ0n) is 21.8. The van der Waals surface area contributed by atoms with E-state index in [4.69, 9.17) is 9.47 Å². The van der Waals surface area contributed by atoms with Gasteiger partial charge in [-0.25, -0.2) is 0 Å². The van der Waals surface area contributed by atoms with Gasteiger partial charge in [0.1, 0.15) is 0 Å². The van der Waals surface area contributed by atoms with Gasteiger partial charge >= 0.3 is 0 Å². The number of carbonyl (C=O) groups is 2. The van der Waals surface area contributed by atoms with Gasteiger partial charge in [-0.1, -0.05) is 24.3 Å². The molecule has 2 amide bonds. The lowest BCUT2D eigenvalue weighted by Crippen LogP contribution is -2.62. The van der Waals surface area contributed by atoms with Crippen molar-refractivity contribution >= 4 is 17.5 Å². The lowest BCUT2D eigenvalue weighted by Gasteiger charge is -2.49. The molecule has 2 aliphatic heterocycles. The zero-order chi connectivity index (χ0) is 25.7. The van der Waals surface area contributed by atoms with Crippen LogP contribution in [0.15, 0.2) is 42.5 Å². The van der Waals surface area contributed by atoms with Crippen molar-refractivity contribution in [3.63, 3.8) is 0 Å². The Hall–Kier alpha value is -3.26. The van der Waals surface area contributed by atoms with E-state index in [0.29, 0.717) is 44.0 Å². The third-order valence-corrected chi connectivity index (χ3v) is 7.02. The average molecular weight is 495 g/mol. The highest BCUT2D eigenvalue weighted by molar-refractivity contribution is 5.82. The smallest absolute Gasteiger partial charge is 0.234 e. The number of benzene rings is 2. The number of nitrogens with one attached hydrogen (secondary N) is 2. The van der Waals surface area contributed by atoms with Crippen LogP contribution in [0.3, 0.4) is 0 Å².